The monoisotopic (exact) mass is 256 g/mol. The Morgan fingerprint density at radius 2 is 1.58 bits per heavy atom. The van der Waals surface area contributed by atoms with Crippen molar-refractivity contribution in [2.24, 2.45) is 0 Å². The third-order valence-corrected chi connectivity index (χ3v) is 2.49. The van der Waals surface area contributed by atoms with Gasteiger partial charge in [-0.2, -0.15) is 0 Å². The lowest BCUT2D eigenvalue weighted by Crippen LogP contribution is -2.15. The van der Waals surface area contributed by atoms with E-state index < -0.39 is 18.3 Å². The molecule has 0 radical (unpaired) electrons. The summed E-state index contributed by atoms with van der Waals surface area (Å²) in [6, 6.07) is 10.9. The Bertz CT molecular complexity index is 579. The Kier molecular flexibility index (Phi) is 3.87. The van der Waals surface area contributed by atoms with Gasteiger partial charge in [-0.05, 0) is 35.4 Å². The van der Waals surface area contributed by atoms with Crippen LogP contribution in [0.3, 0.4) is 0 Å². The maximum absolute atomic E-state index is 11.3. The van der Waals surface area contributed by atoms with Crippen molar-refractivity contribution in [3.63, 3.8) is 0 Å². The number of aromatic nitrogens is 1. The van der Waals surface area contributed by atoms with E-state index in [1.807, 2.05) is 24.3 Å². The topological polar surface area (TPSA) is 79.3 Å². The molecule has 0 aliphatic carbocycles. The lowest BCUT2D eigenvalue weighted by atomic mass is 10.1. The number of anilines is 1. The van der Waals surface area contributed by atoms with Crippen molar-refractivity contribution in [1.29, 1.82) is 0 Å². The van der Waals surface area contributed by atoms with Gasteiger partial charge in [-0.25, -0.2) is 0 Å². The molecule has 1 aromatic heterocycles. The molecule has 0 atom stereocenters. The second-order valence-corrected chi connectivity index (χ2v) is 3.93. The molecule has 5 heteroatoms. The highest BCUT2D eigenvalue weighted by Gasteiger charge is 2.07. The smallest absolute Gasteiger partial charge is 0.312 e. The van der Waals surface area contributed by atoms with Crippen molar-refractivity contribution in [3.05, 3.63) is 48.8 Å². The first-order chi connectivity index (χ1) is 9.15. The largest absolute Gasteiger partial charge is 0.481 e. The number of nitrogens with zero attached hydrogens (tertiary/aromatic N) is 1. The molecule has 1 amide bonds. The minimum atomic E-state index is -1.15. The fraction of sp³-hybridized carbons (Fsp3) is 0.0714. The molecule has 1 heterocycles. The van der Waals surface area contributed by atoms with E-state index in [0.29, 0.717) is 5.69 Å². The molecule has 0 bridgehead atoms. The van der Waals surface area contributed by atoms with Crippen LogP contribution in [0.4, 0.5) is 5.69 Å². The second-order valence-electron chi connectivity index (χ2n) is 3.93. The highest BCUT2D eigenvalue weighted by atomic mass is 16.4. The fourth-order valence-corrected chi connectivity index (χ4v) is 1.63. The van der Waals surface area contributed by atoms with Crippen LogP contribution in [0.2, 0.25) is 0 Å². The highest BCUT2D eigenvalue weighted by Crippen LogP contribution is 2.20. The Labute approximate surface area is 109 Å². The molecular weight excluding hydrogens is 244 g/mol. The minimum absolute atomic E-state index is 0.536. The summed E-state index contributed by atoms with van der Waals surface area (Å²) in [5, 5.41) is 11.0. The number of rotatable bonds is 4. The van der Waals surface area contributed by atoms with Gasteiger partial charge in [0.25, 0.3) is 0 Å². The molecule has 0 aliphatic rings. The number of carboxylic acids is 1. The van der Waals surface area contributed by atoms with Crippen molar-refractivity contribution in [2.45, 2.75) is 6.42 Å². The van der Waals surface area contributed by atoms with Crippen LogP contribution in [0.5, 0.6) is 0 Å². The summed E-state index contributed by atoms with van der Waals surface area (Å²) in [7, 11) is 0. The Balaban J connectivity index is 2.07. The molecular formula is C14H12N2O3. The van der Waals surface area contributed by atoms with Crippen LogP contribution >= 0.6 is 0 Å². The number of carbonyl (C=O) groups is 2. The zero-order chi connectivity index (χ0) is 13.7. The summed E-state index contributed by atoms with van der Waals surface area (Å²) in [6.45, 7) is 0. The van der Waals surface area contributed by atoms with Gasteiger partial charge in [-0.1, -0.05) is 12.1 Å². The van der Waals surface area contributed by atoms with E-state index in [4.69, 9.17) is 5.11 Å². The van der Waals surface area contributed by atoms with Gasteiger partial charge in [0, 0.05) is 18.1 Å². The molecule has 96 valence electrons. The van der Waals surface area contributed by atoms with E-state index in [1.165, 1.54) is 0 Å². The summed E-state index contributed by atoms with van der Waals surface area (Å²) < 4.78 is 0. The van der Waals surface area contributed by atoms with Gasteiger partial charge in [0.15, 0.2) is 0 Å². The van der Waals surface area contributed by atoms with Gasteiger partial charge in [-0.3, -0.25) is 14.6 Å². The molecule has 0 spiro atoms. The van der Waals surface area contributed by atoms with Crippen LogP contribution in [0, 0.1) is 0 Å². The average molecular weight is 256 g/mol. The minimum Gasteiger partial charge on any atom is -0.481 e. The van der Waals surface area contributed by atoms with E-state index in [1.54, 1.807) is 24.5 Å². The molecule has 5 nitrogen and oxygen atoms in total. The Morgan fingerprint density at radius 3 is 2.16 bits per heavy atom. The summed E-state index contributed by atoms with van der Waals surface area (Å²) in [4.78, 5) is 25.6. The van der Waals surface area contributed by atoms with Crippen LogP contribution in [0.25, 0.3) is 11.1 Å². The van der Waals surface area contributed by atoms with Crippen LogP contribution < -0.4 is 5.32 Å². The number of hydrogen-bond acceptors (Lipinski definition) is 3. The van der Waals surface area contributed by atoms with Crippen LogP contribution in [-0.4, -0.2) is 22.0 Å². The van der Waals surface area contributed by atoms with Gasteiger partial charge < -0.3 is 10.4 Å². The zero-order valence-electron chi connectivity index (χ0n) is 10.0. The molecule has 0 unspecified atom stereocenters. The second kappa shape index (κ2) is 5.77. The number of carbonyl (C=O) groups excluding carboxylic acids is 1. The molecule has 2 N–H and O–H groups in total. The molecule has 1 aromatic carbocycles. The summed E-state index contributed by atoms with van der Waals surface area (Å²) in [5.74, 6) is -1.69. The van der Waals surface area contributed by atoms with Gasteiger partial charge in [-0.15, -0.1) is 0 Å². The van der Waals surface area contributed by atoms with Crippen molar-refractivity contribution in [3.8, 4) is 11.1 Å². The lowest BCUT2D eigenvalue weighted by Gasteiger charge is -2.05. The quantitative estimate of drug-likeness (QED) is 0.821. The molecule has 0 fully saturated rings. The number of carboxylic acid groups (broad SMARTS) is 1. The molecule has 19 heavy (non-hydrogen) atoms. The van der Waals surface area contributed by atoms with E-state index in [9.17, 15) is 9.59 Å². The number of amides is 1. The van der Waals surface area contributed by atoms with Crippen LogP contribution in [0.15, 0.2) is 48.8 Å². The van der Waals surface area contributed by atoms with E-state index in [-0.39, 0.29) is 0 Å². The lowest BCUT2D eigenvalue weighted by molar-refractivity contribution is -0.139. The van der Waals surface area contributed by atoms with Crippen LogP contribution in [-0.2, 0) is 9.59 Å². The van der Waals surface area contributed by atoms with Crippen molar-refractivity contribution in [1.82, 2.24) is 4.98 Å². The van der Waals surface area contributed by atoms with E-state index in [2.05, 4.69) is 10.3 Å². The predicted molar refractivity (Wildman–Crippen MR) is 70.6 cm³/mol. The molecule has 0 aliphatic heterocycles. The number of nitrogens with one attached hydrogen (secondary N) is 1. The van der Waals surface area contributed by atoms with Gasteiger partial charge in [0.2, 0.25) is 5.91 Å². The summed E-state index contributed by atoms with van der Waals surface area (Å²) in [5.41, 5.74) is 2.60. The fourth-order valence-electron chi connectivity index (χ4n) is 1.63. The predicted octanol–water partition coefficient (Wildman–Crippen LogP) is 2.16. The van der Waals surface area contributed by atoms with Crippen molar-refractivity contribution < 1.29 is 14.7 Å². The number of aliphatic carboxylic acids is 1. The number of hydrogen-bond donors (Lipinski definition) is 2. The van der Waals surface area contributed by atoms with Gasteiger partial charge in [0.1, 0.15) is 6.42 Å². The molecule has 0 saturated carbocycles. The van der Waals surface area contributed by atoms with E-state index >= 15 is 0 Å². The zero-order valence-corrected chi connectivity index (χ0v) is 10.0. The molecule has 2 aromatic rings. The maximum Gasteiger partial charge on any atom is 0.312 e. The van der Waals surface area contributed by atoms with E-state index in [0.717, 1.165) is 11.1 Å². The Hall–Kier alpha value is -2.69. The molecule has 0 saturated heterocycles. The summed E-state index contributed by atoms with van der Waals surface area (Å²) >= 11 is 0. The third kappa shape index (κ3) is 3.64. The van der Waals surface area contributed by atoms with Crippen LogP contribution in [0.1, 0.15) is 6.42 Å². The van der Waals surface area contributed by atoms with Crippen molar-refractivity contribution in [2.75, 3.05) is 5.32 Å². The first kappa shape index (κ1) is 12.8. The highest BCUT2D eigenvalue weighted by molar-refractivity contribution is 6.01. The van der Waals surface area contributed by atoms with Gasteiger partial charge >= 0.3 is 5.97 Å². The van der Waals surface area contributed by atoms with Crippen molar-refractivity contribution >= 4 is 17.6 Å². The summed E-state index contributed by atoms with van der Waals surface area (Å²) in [6.07, 6.45) is 2.88. The standard InChI is InChI=1S/C14H12N2O3/c17-13(9-14(18)19)16-12-3-1-10(2-4-12)11-5-7-15-8-6-11/h1-8H,9H2,(H,16,17)(H,18,19). The Morgan fingerprint density at radius 1 is 1.00 bits per heavy atom. The average Bonchev–Trinajstić information content (AvgIpc) is 2.39. The number of pyridine rings is 1. The first-order valence-electron chi connectivity index (χ1n) is 5.67. The number of benzene rings is 1. The first-order valence-corrected chi connectivity index (χ1v) is 5.67. The SMILES string of the molecule is O=C(O)CC(=O)Nc1ccc(-c2ccncc2)cc1. The molecule has 2 rings (SSSR count). The normalized spacial score (nSPS) is 9.89. The van der Waals surface area contributed by atoms with Gasteiger partial charge in [0.05, 0.1) is 0 Å². The maximum atomic E-state index is 11.3. The third-order valence-electron chi connectivity index (χ3n) is 2.49.